The first-order chi connectivity index (χ1) is 18.2. The molecule has 38 heavy (non-hydrogen) atoms. The molecule has 0 radical (unpaired) electrons. The highest BCUT2D eigenvalue weighted by atomic mass is 16.3. The van der Waals surface area contributed by atoms with Gasteiger partial charge < -0.3 is 15.5 Å². The van der Waals surface area contributed by atoms with Crippen molar-refractivity contribution < 1.29 is 4.42 Å². The van der Waals surface area contributed by atoms with Gasteiger partial charge in [-0.25, -0.2) is 16.4 Å². The van der Waals surface area contributed by atoms with Crippen molar-refractivity contribution in [3.63, 3.8) is 0 Å². The molecule has 2 aromatic carbocycles. The standard InChI is InChI=1S/C28H30N8O2/c1-14-10-20(17(4)32-23-8-6-15(2)31-24(23)28(29)33-35-30)27-21(11-14)25(37)16(3)26(38-27)18-7-9-22-19(12-18)13-36(5)34-22/h6-13,17,32,35H,30H2,1-5H3,(H2,29,33). The summed E-state index contributed by atoms with van der Waals surface area (Å²) in [4.78, 5) is 18.1. The second-order valence-electron chi connectivity index (χ2n) is 9.53. The van der Waals surface area contributed by atoms with Gasteiger partial charge in [-0.05, 0) is 69.7 Å². The number of hydrogen-bond donors (Lipinski definition) is 4. The number of anilines is 1. The van der Waals surface area contributed by atoms with E-state index in [1.54, 1.807) is 11.6 Å². The summed E-state index contributed by atoms with van der Waals surface area (Å²) in [6.07, 6.45) is 1.94. The Kier molecular flexibility index (Phi) is 6.33. The Balaban J connectivity index is 1.65. The topological polar surface area (TPSA) is 149 Å². The first-order valence-electron chi connectivity index (χ1n) is 12.2. The fourth-order valence-corrected chi connectivity index (χ4v) is 4.76. The summed E-state index contributed by atoms with van der Waals surface area (Å²) in [7, 11) is 1.88. The maximum Gasteiger partial charge on any atom is 0.196 e. The fraction of sp³-hybridized carbons (Fsp3) is 0.214. The molecule has 194 valence electrons. The Morgan fingerprint density at radius 1 is 1.13 bits per heavy atom. The van der Waals surface area contributed by atoms with Crippen molar-refractivity contribution in [2.24, 2.45) is 23.7 Å². The van der Waals surface area contributed by atoms with Crippen molar-refractivity contribution in [1.29, 1.82) is 0 Å². The number of aryl methyl sites for hydroxylation is 3. The van der Waals surface area contributed by atoms with Gasteiger partial charge in [0.1, 0.15) is 17.0 Å². The molecule has 0 saturated heterocycles. The number of aromatic nitrogens is 3. The van der Waals surface area contributed by atoms with Crippen molar-refractivity contribution in [3.8, 4) is 11.3 Å². The molecule has 3 aromatic heterocycles. The van der Waals surface area contributed by atoms with Crippen LogP contribution in [0.2, 0.25) is 0 Å². The van der Waals surface area contributed by atoms with Gasteiger partial charge in [0.2, 0.25) is 0 Å². The molecule has 5 rings (SSSR count). The van der Waals surface area contributed by atoms with Gasteiger partial charge in [-0.2, -0.15) is 5.10 Å². The highest BCUT2D eigenvalue weighted by molar-refractivity contribution is 6.00. The number of pyridine rings is 1. The second-order valence-corrected chi connectivity index (χ2v) is 9.53. The van der Waals surface area contributed by atoms with E-state index in [1.165, 1.54) is 0 Å². The molecule has 0 saturated carbocycles. The SMILES string of the molecule is Cc1cc(C(C)Nc2ccc(C)nc2/C(N)=N/NN)c2oc(-c3ccc4nn(C)cc4c3)c(C)c(=O)c2c1. The summed E-state index contributed by atoms with van der Waals surface area (Å²) in [5.41, 5.74) is 14.7. The molecule has 10 nitrogen and oxygen atoms in total. The lowest BCUT2D eigenvalue weighted by Crippen LogP contribution is -2.25. The van der Waals surface area contributed by atoms with Crippen LogP contribution in [0.3, 0.4) is 0 Å². The molecule has 0 bridgehead atoms. The zero-order valence-electron chi connectivity index (χ0n) is 22.0. The second kappa shape index (κ2) is 9.64. The van der Waals surface area contributed by atoms with Gasteiger partial charge in [-0.3, -0.25) is 9.48 Å². The lowest BCUT2D eigenvalue weighted by molar-refractivity contribution is 0.605. The highest BCUT2D eigenvalue weighted by Gasteiger charge is 2.20. The zero-order valence-corrected chi connectivity index (χ0v) is 22.0. The molecule has 0 spiro atoms. The van der Waals surface area contributed by atoms with Gasteiger partial charge in [-0.15, -0.1) is 5.10 Å². The number of nitrogens with two attached hydrogens (primary N) is 2. The Labute approximate surface area is 219 Å². The van der Waals surface area contributed by atoms with E-state index in [9.17, 15) is 4.79 Å². The Morgan fingerprint density at radius 3 is 2.68 bits per heavy atom. The van der Waals surface area contributed by atoms with Crippen LogP contribution < -0.4 is 27.9 Å². The normalized spacial score (nSPS) is 12.7. The zero-order chi connectivity index (χ0) is 27.1. The van der Waals surface area contributed by atoms with Crippen LogP contribution in [0.15, 0.2) is 63.0 Å². The minimum Gasteiger partial charge on any atom is -0.455 e. The average molecular weight is 511 g/mol. The van der Waals surface area contributed by atoms with E-state index in [0.717, 1.165) is 33.3 Å². The van der Waals surface area contributed by atoms with Gasteiger partial charge in [0, 0.05) is 41.0 Å². The van der Waals surface area contributed by atoms with Crippen LogP contribution in [0.4, 0.5) is 5.69 Å². The average Bonchev–Trinajstić information content (AvgIpc) is 3.26. The quantitative estimate of drug-likeness (QED) is 0.116. The number of nitrogens with zero attached hydrogens (tertiary/aromatic N) is 4. The van der Waals surface area contributed by atoms with E-state index in [4.69, 9.17) is 16.0 Å². The smallest absolute Gasteiger partial charge is 0.196 e. The molecule has 0 amide bonds. The van der Waals surface area contributed by atoms with E-state index in [-0.39, 0.29) is 17.3 Å². The summed E-state index contributed by atoms with van der Waals surface area (Å²) in [5.74, 6) is 6.02. The first-order valence-corrected chi connectivity index (χ1v) is 12.2. The van der Waals surface area contributed by atoms with Gasteiger partial charge >= 0.3 is 0 Å². The van der Waals surface area contributed by atoms with Crippen molar-refractivity contribution in [3.05, 3.63) is 87.0 Å². The molecule has 6 N–H and O–H groups in total. The number of hydrazone groups is 1. The number of nitrogens with one attached hydrogen (secondary N) is 2. The van der Waals surface area contributed by atoms with Crippen LogP contribution in [0.1, 0.15) is 41.0 Å². The predicted octanol–water partition coefficient (Wildman–Crippen LogP) is 3.92. The molecule has 10 heteroatoms. The van der Waals surface area contributed by atoms with Crippen LogP contribution >= 0.6 is 0 Å². The number of fused-ring (bicyclic) bond motifs is 2. The van der Waals surface area contributed by atoms with Gasteiger partial charge in [-0.1, -0.05) is 6.07 Å². The lowest BCUT2D eigenvalue weighted by atomic mass is 9.98. The first kappa shape index (κ1) is 25.0. The van der Waals surface area contributed by atoms with Crippen LogP contribution in [-0.2, 0) is 7.05 Å². The molecule has 1 unspecified atom stereocenters. The van der Waals surface area contributed by atoms with Crippen molar-refractivity contribution in [2.75, 3.05) is 5.32 Å². The highest BCUT2D eigenvalue weighted by Crippen LogP contribution is 2.33. The van der Waals surface area contributed by atoms with Gasteiger partial charge in [0.05, 0.1) is 22.6 Å². The molecular formula is C28H30N8O2. The number of hydrogen-bond acceptors (Lipinski definition) is 8. The largest absolute Gasteiger partial charge is 0.455 e. The fourth-order valence-electron chi connectivity index (χ4n) is 4.76. The van der Waals surface area contributed by atoms with Crippen molar-refractivity contribution in [1.82, 2.24) is 20.3 Å². The molecular weight excluding hydrogens is 480 g/mol. The maximum atomic E-state index is 13.6. The van der Waals surface area contributed by atoms with Gasteiger partial charge in [0.25, 0.3) is 0 Å². The van der Waals surface area contributed by atoms with Crippen LogP contribution in [0.5, 0.6) is 0 Å². The van der Waals surface area contributed by atoms with Crippen molar-refractivity contribution >= 4 is 33.4 Å². The third-order valence-corrected chi connectivity index (χ3v) is 6.57. The molecule has 1 atom stereocenters. The summed E-state index contributed by atoms with van der Waals surface area (Å²) in [5, 5.41) is 13.3. The minimum atomic E-state index is -0.265. The Morgan fingerprint density at radius 2 is 1.92 bits per heavy atom. The number of rotatable bonds is 6. The summed E-state index contributed by atoms with van der Waals surface area (Å²) in [6.45, 7) is 7.63. The number of benzene rings is 2. The summed E-state index contributed by atoms with van der Waals surface area (Å²) < 4.78 is 8.30. The third kappa shape index (κ3) is 4.46. The summed E-state index contributed by atoms with van der Waals surface area (Å²) >= 11 is 0. The minimum absolute atomic E-state index is 0.0622. The summed E-state index contributed by atoms with van der Waals surface area (Å²) in [6, 6.07) is 13.3. The van der Waals surface area contributed by atoms with E-state index in [0.29, 0.717) is 33.7 Å². The Bertz CT molecular complexity index is 1780. The molecule has 0 fully saturated rings. The van der Waals surface area contributed by atoms with E-state index in [1.807, 2.05) is 76.5 Å². The molecule has 3 heterocycles. The lowest BCUT2D eigenvalue weighted by Gasteiger charge is -2.20. The van der Waals surface area contributed by atoms with Crippen LogP contribution in [-0.4, -0.2) is 20.6 Å². The maximum absolute atomic E-state index is 13.6. The molecule has 0 aliphatic heterocycles. The van der Waals surface area contributed by atoms with E-state index in [2.05, 4.69) is 26.0 Å². The van der Waals surface area contributed by atoms with E-state index < -0.39 is 0 Å². The molecule has 5 aromatic rings. The van der Waals surface area contributed by atoms with Crippen LogP contribution in [0, 0.1) is 20.8 Å². The number of hydrazine groups is 1. The van der Waals surface area contributed by atoms with Crippen LogP contribution in [0.25, 0.3) is 33.2 Å². The van der Waals surface area contributed by atoms with Crippen molar-refractivity contribution in [2.45, 2.75) is 33.7 Å². The van der Waals surface area contributed by atoms with E-state index >= 15 is 0 Å². The van der Waals surface area contributed by atoms with Gasteiger partial charge in [0.15, 0.2) is 11.3 Å². The third-order valence-electron chi connectivity index (χ3n) is 6.57. The molecule has 0 aliphatic rings. The predicted molar refractivity (Wildman–Crippen MR) is 151 cm³/mol. The monoisotopic (exact) mass is 510 g/mol. The Hall–Kier alpha value is -4.70. The number of amidine groups is 1. The molecule has 0 aliphatic carbocycles.